The highest BCUT2D eigenvalue weighted by Gasteiger charge is 2.33. The molecule has 4 rings (SSSR count). The van der Waals surface area contributed by atoms with E-state index in [-0.39, 0.29) is 23.4 Å². The summed E-state index contributed by atoms with van der Waals surface area (Å²) in [7, 11) is -4.10. The third kappa shape index (κ3) is 8.12. The van der Waals surface area contributed by atoms with Gasteiger partial charge in [0, 0.05) is 12.6 Å². The second kappa shape index (κ2) is 14.9. The van der Waals surface area contributed by atoms with Crippen LogP contribution < -0.4 is 14.4 Å². The fraction of sp³-hybridized carbons (Fsp3) is 0.394. The summed E-state index contributed by atoms with van der Waals surface area (Å²) >= 11 is 0. The molecule has 1 aliphatic carbocycles. The fourth-order valence-corrected chi connectivity index (χ4v) is 6.70. The van der Waals surface area contributed by atoms with Crippen LogP contribution in [-0.4, -0.2) is 56.9 Å². The standard InChI is InChI=1S/C33H41N3O5S/c1-3-41-30-21-19-29(20-22-30)36(42(39,40)31-17-11-6-12-18-31)25-32(37)35(24-23-27-13-7-4-8-14-27)26(2)33(38)34-28-15-9-5-10-16-28/h4,6-8,11-14,17-22,26,28H,3,5,9-10,15-16,23-25H2,1-2H3,(H,34,38)/t26-/m1/s1. The summed E-state index contributed by atoms with van der Waals surface area (Å²) in [6, 6.07) is 23.7. The highest BCUT2D eigenvalue weighted by molar-refractivity contribution is 7.92. The lowest BCUT2D eigenvalue weighted by Crippen LogP contribution is -2.53. The van der Waals surface area contributed by atoms with Gasteiger partial charge in [0.25, 0.3) is 10.0 Å². The van der Waals surface area contributed by atoms with E-state index in [9.17, 15) is 18.0 Å². The van der Waals surface area contributed by atoms with Crippen molar-refractivity contribution in [1.82, 2.24) is 10.2 Å². The molecule has 1 fully saturated rings. The molecule has 0 radical (unpaired) electrons. The molecule has 3 aromatic rings. The lowest BCUT2D eigenvalue weighted by Gasteiger charge is -2.33. The van der Waals surface area contributed by atoms with E-state index in [1.807, 2.05) is 37.3 Å². The van der Waals surface area contributed by atoms with Crippen molar-refractivity contribution in [3.05, 3.63) is 90.5 Å². The first-order chi connectivity index (χ1) is 20.3. The molecule has 0 saturated heterocycles. The first-order valence-electron chi connectivity index (χ1n) is 14.7. The van der Waals surface area contributed by atoms with E-state index in [4.69, 9.17) is 4.74 Å². The van der Waals surface area contributed by atoms with Gasteiger partial charge in [0.1, 0.15) is 18.3 Å². The zero-order valence-electron chi connectivity index (χ0n) is 24.4. The van der Waals surface area contributed by atoms with Crippen molar-refractivity contribution in [2.24, 2.45) is 0 Å². The van der Waals surface area contributed by atoms with Gasteiger partial charge in [-0.05, 0) is 75.1 Å². The minimum atomic E-state index is -4.10. The summed E-state index contributed by atoms with van der Waals surface area (Å²) in [5.74, 6) is -0.0745. The van der Waals surface area contributed by atoms with Crippen molar-refractivity contribution >= 4 is 27.5 Å². The molecule has 1 N–H and O–H groups in total. The first-order valence-corrected chi connectivity index (χ1v) is 16.2. The SMILES string of the molecule is CCOc1ccc(N(CC(=O)N(CCc2ccccc2)[C@H](C)C(=O)NC2CCCCC2)S(=O)(=O)c2ccccc2)cc1. The van der Waals surface area contributed by atoms with Crippen LogP contribution in [0.3, 0.4) is 0 Å². The second-order valence-corrected chi connectivity index (χ2v) is 12.5. The van der Waals surface area contributed by atoms with Gasteiger partial charge in [-0.25, -0.2) is 8.42 Å². The molecule has 0 aromatic heterocycles. The summed E-state index contributed by atoms with van der Waals surface area (Å²) in [5.41, 5.74) is 1.36. The van der Waals surface area contributed by atoms with Crippen LogP contribution in [0.15, 0.2) is 89.8 Å². The van der Waals surface area contributed by atoms with Gasteiger partial charge in [-0.2, -0.15) is 0 Å². The lowest BCUT2D eigenvalue weighted by molar-refractivity contribution is -0.139. The molecule has 0 unspecified atom stereocenters. The molecule has 0 aliphatic heterocycles. The van der Waals surface area contributed by atoms with E-state index in [0.29, 0.717) is 24.5 Å². The molecule has 1 saturated carbocycles. The monoisotopic (exact) mass is 591 g/mol. The molecular weight excluding hydrogens is 550 g/mol. The average molecular weight is 592 g/mol. The average Bonchev–Trinajstić information content (AvgIpc) is 3.02. The highest BCUT2D eigenvalue weighted by atomic mass is 32.2. The van der Waals surface area contributed by atoms with Gasteiger partial charge in [0.15, 0.2) is 0 Å². The van der Waals surface area contributed by atoms with Crippen molar-refractivity contribution in [2.75, 3.05) is 24.0 Å². The zero-order valence-corrected chi connectivity index (χ0v) is 25.3. The Morgan fingerprint density at radius 1 is 0.905 bits per heavy atom. The number of benzene rings is 3. The summed E-state index contributed by atoms with van der Waals surface area (Å²) in [5, 5.41) is 3.13. The molecule has 1 atom stereocenters. The van der Waals surface area contributed by atoms with Crippen molar-refractivity contribution in [3.63, 3.8) is 0 Å². The molecule has 1 aliphatic rings. The summed E-state index contributed by atoms with van der Waals surface area (Å²) in [6.07, 6.45) is 5.70. The number of ether oxygens (including phenoxy) is 1. The van der Waals surface area contributed by atoms with Gasteiger partial charge in [-0.15, -0.1) is 0 Å². The summed E-state index contributed by atoms with van der Waals surface area (Å²) in [6.45, 7) is 3.87. The van der Waals surface area contributed by atoms with Gasteiger partial charge in [0.05, 0.1) is 17.2 Å². The molecular formula is C33H41N3O5S. The Kier molecular flexibility index (Phi) is 11.0. The minimum Gasteiger partial charge on any atom is -0.494 e. The topological polar surface area (TPSA) is 96.0 Å². The molecule has 224 valence electrons. The lowest BCUT2D eigenvalue weighted by atomic mass is 9.95. The largest absolute Gasteiger partial charge is 0.494 e. The molecule has 0 spiro atoms. The number of carbonyl (C=O) groups excluding carboxylic acids is 2. The second-order valence-electron chi connectivity index (χ2n) is 10.6. The molecule has 2 amide bonds. The predicted octanol–water partition coefficient (Wildman–Crippen LogP) is 5.19. The maximum atomic E-state index is 14.0. The van der Waals surface area contributed by atoms with Crippen LogP contribution in [0.1, 0.15) is 51.5 Å². The maximum Gasteiger partial charge on any atom is 0.264 e. The number of sulfonamides is 1. The van der Waals surface area contributed by atoms with Crippen LogP contribution in [0.4, 0.5) is 5.69 Å². The third-order valence-corrected chi connectivity index (χ3v) is 9.44. The number of hydrogen-bond acceptors (Lipinski definition) is 5. The van der Waals surface area contributed by atoms with Crippen molar-refractivity contribution in [1.29, 1.82) is 0 Å². The van der Waals surface area contributed by atoms with E-state index >= 15 is 0 Å². The van der Waals surface area contributed by atoms with E-state index in [1.165, 1.54) is 23.5 Å². The molecule has 0 bridgehead atoms. The summed E-state index contributed by atoms with van der Waals surface area (Å²) in [4.78, 5) is 29.0. The predicted molar refractivity (Wildman–Crippen MR) is 165 cm³/mol. The van der Waals surface area contributed by atoms with Crippen molar-refractivity contribution in [2.45, 2.75) is 69.4 Å². The van der Waals surface area contributed by atoms with Gasteiger partial charge in [-0.3, -0.25) is 13.9 Å². The number of amides is 2. The zero-order chi connectivity index (χ0) is 30.0. The van der Waals surface area contributed by atoms with Crippen molar-refractivity contribution in [3.8, 4) is 5.75 Å². The Labute approximate surface area is 249 Å². The van der Waals surface area contributed by atoms with E-state index in [2.05, 4.69) is 5.32 Å². The van der Waals surface area contributed by atoms with Crippen LogP contribution in [0.2, 0.25) is 0 Å². The van der Waals surface area contributed by atoms with Crippen LogP contribution in [-0.2, 0) is 26.0 Å². The number of rotatable bonds is 13. The molecule has 42 heavy (non-hydrogen) atoms. The molecule has 3 aromatic carbocycles. The number of nitrogens with one attached hydrogen (secondary N) is 1. The number of anilines is 1. The molecule has 9 heteroatoms. The maximum absolute atomic E-state index is 14.0. The van der Waals surface area contributed by atoms with Gasteiger partial charge in [0.2, 0.25) is 11.8 Å². The minimum absolute atomic E-state index is 0.0746. The van der Waals surface area contributed by atoms with Gasteiger partial charge in [-0.1, -0.05) is 67.8 Å². The molecule has 0 heterocycles. The van der Waals surface area contributed by atoms with E-state index in [0.717, 1.165) is 35.6 Å². The number of nitrogens with zero attached hydrogens (tertiary/aromatic N) is 2. The van der Waals surface area contributed by atoms with E-state index in [1.54, 1.807) is 49.4 Å². The Hall–Kier alpha value is -3.85. The van der Waals surface area contributed by atoms with Crippen LogP contribution in [0.5, 0.6) is 5.75 Å². The smallest absolute Gasteiger partial charge is 0.264 e. The van der Waals surface area contributed by atoms with E-state index < -0.39 is 28.5 Å². The van der Waals surface area contributed by atoms with Crippen LogP contribution in [0, 0.1) is 0 Å². The van der Waals surface area contributed by atoms with Gasteiger partial charge < -0.3 is 15.0 Å². The third-order valence-electron chi connectivity index (χ3n) is 7.65. The Bertz CT molecular complexity index is 1390. The molecule has 8 nitrogen and oxygen atoms in total. The number of hydrogen-bond donors (Lipinski definition) is 1. The van der Waals surface area contributed by atoms with Crippen LogP contribution >= 0.6 is 0 Å². The van der Waals surface area contributed by atoms with Gasteiger partial charge >= 0.3 is 0 Å². The highest BCUT2D eigenvalue weighted by Crippen LogP contribution is 2.26. The number of carbonyl (C=O) groups is 2. The fourth-order valence-electron chi connectivity index (χ4n) is 5.26. The Balaban J connectivity index is 1.63. The quantitative estimate of drug-likeness (QED) is 0.295. The summed E-state index contributed by atoms with van der Waals surface area (Å²) < 4.78 is 34.4. The first kappa shape index (κ1) is 31.1. The van der Waals surface area contributed by atoms with Crippen molar-refractivity contribution < 1.29 is 22.7 Å². The Morgan fingerprint density at radius 2 is 1.52 bits per heavy atom. The van der Waals surface area contributed by atoms with Crippen LogP contribution in [0.25, 0.3) is 0 Å². The normalized spacial score (nSPS) is 14.5. The Morgan fingerprint density at radius 3 is 2.14 bits per heavy atom.